The highest BCUT2D eigenvalue weighted by Crippen LogP contribution is 2.19. The van der Waals surface area contributed by atoms with Crippen LogP contribution in [-0.2, 0) is 7.05 Å². The normalized spacial score (nSPS) is 11.8. The number of aromatic nitrogens is 2. The number of hydrogen-bond donors (Lipinski definition) is 1. The Kier molecular flexibility index (Phi) is 3.35. The number of nitrogens with zero attached hydrogens (tertiary/aromatic N) is 3. The molecule has 0 saturated carbocycles. The van der Waals surface area contributed by atoms with E-state index in [4.69, 9.17) is 0 Å². The predicted molar refractivity (Wildman–Crippen MR) is 79.9 cm³/mol. The van der Waals surface area contributed by atoms with Crippen LogP contribution in [-0.4, -0.2) is 14.7 Å². The summed E-state index contributed by atoms with van der Waals surface area (Å²) in [7, 11) is 1.96. The van der Waals surface area contributed by atoms with E-state index < -0.39 is 0 Å². The van der Waals surface area contributed by atoms with Gasteiger partial charge >= 0.3 is 0 Å². The molecule has 0 aliphatic heterocycles. The van der Waals surface area contributed by atoms with E-state index in [0.717, 1.165) is 21.9 Å². The first-order chi connectivity index (χ1) is 9.74. The molecule has 0 bridgehead atoms. The Hall–Kier alpha value is -2.40. The summed E-state index contributed by atoms with van der Waals surface area (Å²) in [5.74, 6) is 0.218. The molecule has 0 aliphatic carbocycles. The second kappa shape index (κ2) is 5.30. The molecule has 3 rings (SSSR count). The lowest BCUT2D eigenvalue weighted by molar-refractivity contribution is 0.475. The molecule has 2 heterocycles. The average Bonchev–Trinajstić information content (AvgIpc) is 2.81. The molecule has 0 atom stereocenters. The number of thiazole rings is 1. The largest absolute Gasteiger partial charge is 0.508 e. The van der Waals surface area contributed by atoms with Crippen LogP contribution < -0.4 is 4.80 Å². The maximum Gasteiger partial charge on any atom is 0.190 e. The molecule has 1 N–H and O–H groups in total. The molecule has 5 heteroatoms. The zero-order valence-corrected chi connectivity index (χ0v) is 11.7. The van der Waals surface area contributed by atoms with Crippen molar-refractivity contribution >= 4 is 17.0 Å². The first-order valence-electron chi connectivity index (χ1n) is 6.14. The number of benzene rings is 1. The zero-order chi connectivity index (χ0) is 13.9. The monoisotopic (exact) mass is 283 g/mol. The summed E-state index contributed by atoms with van der Waals surface area (Å²) in [6, 6.07) is 12.7. The van der Waals surface area contributed by atoms with Crippen LogP contribution in [0.3, 0.4) is 0 Å². The van der Waals surface area contributed by atoms with E-state index >= 15 is 0 Å². The minimum absolute atomic E-state index is 0.218. The van der Waals surface area contributed by atoms with Crippen molar-refractivity contribution in [1.29, 1.82) is 0 Å². The van der Waals surface area contributed by atoms with Gasteiger partial charge in [0.15, 0.2) is 4.80 Å². The Morgan fingerprint density at radius 1 is 1.20 bits per heavy atom. The van der Waals surface area contributed by atoms with Gasteiger partial charge in [-0.1, -0.05) is 12.1 Å². The van der Waals surface area contributed by atoms with E-state index in [1.165, 1.54) is 0 Å². The number of aromatic hydroxyl groups is 1. The lowest BCUT2D eigenvalue weighted by atomic mass is 10.3. The van der Waals surface area contributed by atoms with Gasteiger partial charge in [-0.05, 0) is 24.3 Å². The van der Waals surface area contributed by atoms with E-state index in [1.807, 2.05) is 41.3 Å². The zero-order valence-electron chi connectivity index (χ0n) is 10.9. The number of rotatable bonds is 2. The lowest BCUT2D eigenvalue weighted by Crippen LogP contribution is -2.11. The first kappa shape index (κ1) is 12.6. The molecule has 0 fully saturated rings. The fraction of sp³-hybridized carbons (Fsp3) is 0.0667. The molecule has 2 aromatic heterocycles. The van der Waals surface area contributed by atoms with Crippen LogP contribution in [0.25, 0.3) is 11.4 Å². The fourth-order valence-electron chi connectivity index (χ4n) is 1.89. The van der Waals surface area contributed by atoms with Crippen LogP contribution >= 0.6 is 11.3 Å². The van der Waals surface area contributed by atoms with Crippen LogP contribution in [0.15, 0.2) is 59.0 Å². The van der Waals surface area contributed by atoms with Crippen LogP contribution in [0.4, 0.5) is 5.69 Å². The maximum atomic E-state index is 9.47. The van der Waals surface area contributed by atoms with Gasteiger partial charge in [0, 0.05) is 24.7 Å². The van der Waals surface area contributed by atoms with E-state index in [2.05, 4.69) is 9.98 Å². The maximum absolute atomic E-state index is 9.47. The van der Waals surface area contributed by atoms with Crippen LogP contribution in [0.5, 0.6) is 5.75 Å². The van der Waals surface area contributed by atoms with Crippen LogP contribution in [0.2, 0.25) is 0 Å². The Morgan fingerprint density at radius 2 is 2.10 bits per heavy atom. The molecule has 20 heavy (non-hydrogen) atoms. The van der Waals surface area contributed by atoms with Crippen molar-refractivity contribution in [1.82, 2.24) is 9.55 Å². The van der Waals surface area contributed by atoms with Crippen molar-refractivity contribution in [3.8, 4) is 17.1 Å². The lowest BCUT2D eigenvalue weighted by Gasteiger charge is -2.01. The van der Waals surface area contributed by atoms with Crippen molar-refractivity contribution < 1.29 is 5.11 Å². The van der Waals surface area contributed by atoms with Crippen molar-refractivity contribution in [2.75, 3.05) is 0 Å². The van der Waals surface area contributed by atoms with E-state index in [9.17, 15) is 5.11 Å². The molecule has 4 nitrogen and oxygen atoms in total. The molecule has 0 spiro atoms. The highest BCUT2D eigenvalue weighted by atomic mass is 32.1. The number of phenols is 1. The average molecular weight is 283 g/mol. The molecular weight excluding hydrogens is 270 g/mol. The van der Waals surface area contributed by atoms with Crippen molar-refractivity contribution in [2.24, 2.45) is 12.0 Å². The van der Waals surface area contributed by atoms with E-state index in [-0.39, 0.29) is 5.75 Å². The van der Waals surface area contributed by atoms with E-state index in [1.54, 1.807) is 35.7 Å². The molecule has 0 radical (unpaired) electrons. The summed E-state index contributed by atoms with van der Waals surface area (Å²) in [6.45, 7) is 0. The molecule has 0 unspecified atom stereocenters. The summed E-state index contributed by atoms with van der Waals surface area (Å²) >= 11 is 1.55. The predicted octanol–water partition coefficient (Wildman–Crippen LogP) is 3.09. The third kappa shape index (κ3) is 2.48. The van der Waals surface area contributed by atoms with Gasteiger partial charge in [0.25, 0.3) is 0 Å². The quantitative estimate of drug-likeness (QED) is 0.785. The van der Waals surface area contributed by atoms with Crippen LogP contribution in [0, 0.1) is 0 Å². The molecule has 0 aliphatic rings. The highest BCUT2D eigenvalue weighted by molar-refractivity contribution is 7.07. The summed E-state index contributed by atoms with van der Waals surface area (Å²) in [6.07, 6.45) is 1.78. The van der Waals surface area contributed by atoms with E-state index in [0.29, 0.717) is 0 Å². The topological polar surface area (TPSA) is 50.4 Å². The van der Waals surface area contributed by atoms with Gasteiger partial charge in [0.2, 0.25) is 0 Å². The van der Waals surface area contributed by atoms with Gasteiger partial charge in [-0.2, -0.15) is 0 Å². The van der Waals surface area contributed by atoms with Crippen molar-refractivity contribution in [3.05, 3.63) is 58.8 Å². The number of phenolic OH excluding ortho intramolecular Hbond substituents is 1. The Morgan fingerprint density at radius 3 is 2.85 bits per heavy atom. The van der Waals surface area contributed by atoms with Gasteiger partial charge in [-0.3, -0.25) is 4.98 Å². The van der Waals surface area contributed by atoms with Gasteiger partial charge < -0.3 is 9.67 Å². The number of pyridine rings is 1. The molecular formula is C15H13N3OS. The number of hydrogen-bond acceptors (Lipinski definition) is 4. The Balaban J connectivity index is 2.07. The third-order valence-electron chi connectivity index (χ3n) is 2.91. The Labute approximate surface area is 120 Å². The fourth-order valence-corrected chi connectivity index (χ4v) is 2.80. The summed E-state index contributed by atoms with van der Waals surface area (Å²) < 4.78 is 2.00. The van der Waals surface area contributed by atoms with Gasteiger partial charge in [-0.25, -0.2) is 4.99 Å². The SMILES string of the molecule is Cn1c(-c2ccccn2)csc1=Nc1cccc(O)c1. The standard InChI is InChI=1S/C15H13N3OS/c1-18-14(13-7-2-3-8-16-13)10-20-15(18)17-11-5-4-6-12(19)9-11/h2-10,19H,1H3. The van der Waals surface area contributed by atoms with Gasteiger partial charge in [-0.15, -0.1) is 11.3 Å². The minimum atomic E-state index is 0.218. The van der Waals surface area contributed by atoms with Crippen molar-refractivity contribution in [3.63, 3.8) is 0 Å². The second-order valence-electron chi connectivity index (χ2n) is 4.31. The third-order valence-corrected chi connectivity index (χ3v) is 3.82. The first-order valence-corrected chi connectivity index (χ1v) is 7.02. The molecule has 100 valence electrons. The molecule has 0 saturated heterocycles. The second-order valence-corrected chi connectivity index (χ2v) is 5.15. The Bertz CT molecular complexity index is 790. The smallest absolute Gasteiger partial charge is 0.190 e. The molecule has 1 aromatic carbocycles. The van der Waals surface area contributed by atoms with Crippen molar-refractivity contribution in [2.45, 2.75) is 0 Å². The van der Waals surface area contributed by atoms with Crippen LogP contribution in [0.1, 0.15) is 0 Å². The summed E-state index contributed by atoms with van der Waals surface area (Å²) in [5, 5.41) is 11.5. The summed E-state index contributed by atoms with van der Waals surface area (Å²) in [5.41, 5.74) is 2.67. The minimum Gasteiger partial charge on any atom is -0.508 e. The summed E-state index contributed by atoms with van der Waals surface area (Å²) in [4.78, 5) is 9.75. The molecule has 0 amide bonds. The van der Waals surface area contributed by atoms with Gasteiger partial charge in [0.1, 0.15) is 5.75 Å². The highest BCUT2D eigenvalue weighted by Gasteiger charge is 2.05. The molecule has 3 aromatic rings. The van der Waals surface area contributed by atoms with Gasteiger partial charge in [0.05, 0.1) is 17.1 Å².